The zero-order valence-corrected chi connectivity index (χ0v) is 18.7. The lowest BCUT2D eigenvalue weighted by atomic mass is 9.71. The van der Waals surface area contributed by atoms with Crippen LogP contribution in [0, 0.1) is 0 Å². The fourth-order valence-corrected chi connectivity index (χ4v) is 4.56. The van der Waals surface area contributed by atoms with Gasteiger partial charge in [0.2, 0.25) is 12.0 Å². The van der Waals surface area contributed by atoms with Crippen LogP contribution in [0.25, 0.3) is 22.4 Å². The molecule has 174 valence electrons. The number of carboxylic acid groups (broad SMARTS) is 1. The Morgan fingerprint density at radius 1 is 1.18 bits per heavy atom. The van der Waals surface area contributed by atoms with Gasteiger partial charge in [-0.25, -0.2) is 9.78 Å². The summed E-state index contributed by atoms with van der Waals surface area (Å²) in [6, 6.07) is 19.5. The molecule has 0 bridgehead atoms. The zero-order valence-electron chi connectivity index (χ0n) is 18.7. The average molecular weight is 460 g/mol. The summed E-state index contributed by atoms with van der Waals surface area (Å²) in [5.41, 5.74) is 4.29. The highest BCUT2D eigenvalue weighted by Crippen LogP contribution is 2.43. The molecule has 2 heterocycles. The van der Waals surface area contributed by atoms with Crippen molar-refractivity contribution < 1.29 is 24.2 Å². The molecule has 3 aromatic rings. The van der Waals surface area contributed by atoms with Crippen LogP contribution in [0.15, 0.2) is 60.7 Å². The van der Waals surface area contributed by atoms with E-state index in [0.29, 0.717) is 17.3 Å². The number of nitrogens with zero attached hydrogens (tertiary/aromatic N) is 1. The van der Waals surface area contributed by atoms with E-state index >= 15 is 0 Å². The minimum Gasteiger partial charge on any atom is -0.465 e. The summed E-state index contributed by atoms with van der Waals surface area (Å²) in [6.45, 7) is 0.121. The lowest BCUT2D eigenvalue weighted by Gasteiger charge is -2.42. The molecular weight excluding hydrogens is 434 g/mol. The summed E-state index contributed by atoms with van der Waals surface area (Å²) >= 11 is 0. The fraction of sp³-hybridized carbons (Fsp3) is 0.269. The van der Waals surface area contributed by atoms with Crippen LogP contribution in [0.3, 0.4) is 0 Å². The maximum absolute atomic E-state index is 12.4. The molecule has 8 nitrogen and oxygen atoms in total. The highest BCUT2D eigenvalue weighted by Gasteiger charge is 2.40. The molecule has 1 aliphatic heterocycles. The van der Waals surface area contributed by atoms with E-state index in [4.69, 9.17) is 14.5 Å². The molecule has 3 N–H and O–H groups in total. The van der Waals surface area contributed by atoms with Crippen molar-refractivity contribution in [3.8, 4) is 28.3 Å². The van der Waals surface area contributed by atoms with E-state index in [0.717, 1.165) is 41.5 Å². The number of hydrogen-bond acceptors (Lipinski definition) is 5. The normalized spacial score (nSPS) is 18.1. The Kier molecular flexibility index (Phi) is 5.67. The highest BCUT2D eigenvalue weighted by molar-refractivity contribution is 5.99. The Balaban J connectivity index is 1.57. The van der Waals surface area contributed by atoms with Crippen LogP contribution < -0.4 is 15.4 Å². The van der Waals surface area contributed by atoms with E-state index in [-0.39, 0.29) is 12.5 Å². The number of amides is 2. The molecule has 1 unspecified atom stereocenters. The first-order chi connectivity index (χ1) is 16.5. The van der Waals surface area contributed by atoms with Gasteiger partial charge >= 0.3 is 6.09 Å². The first-order valence-electron chi connectivity index (χ1n) is 11.2. The van der Waals surface area contributed by atoms with E-state index < -0.39 is 17.7 Å². The highest BCUT2D eigenvalue weighted by atomic mass is 16.5. The van der Waals surface area contributed by atoms with Crippen LogP contribution >= 0.6 is 0 Å². The number of nitrogens with one attached hydrogen (secondary N) is 2. The molecule has 0 radical (unpaired) electrons. The molecule has 1 aromatic heterocycles. The van der Waals surface area contributed by atoms with Gasteiger partial charge in [0.25, 0.3) is 5.91 Å². The maximum atomic E-state index is 12.4. The SMILES string of the molecule is COCC1Oc2nc(-c3ccc(C4(NC(=O)O)CCC4)cc3)c(-c3ccccc3)cc2NC1=O. The van der Waals surface area contributed by atoms with Crippen molar-refractivity contribution in [2.45, 2.75) is 30.9 Å². The Morgan fingerprint density at radius 3 is 2.53 bits per heavy atom. The molecule has 0 spiro atoms. The molecule has 2 aliphatic rings. The van der Waals surface area contributed by atoms with Crippen molar-refractivity contribution in [3.05, 3.63) is 66.2 Å². The number of fused-ring (bicyclic) bond motifs is 1. The third-order valence-electron chi connectivity index (χ3n) is 6.46. The molecule has 5 rings (SSSR count). The smallest absolute Gasteiger partial charge is 0.405 e. The van der Waals surface area contributed by atoms with Gasteiger partial charge in [-0.15, -0.1) is 0 Å². The average Bonchev–Trinajstić information content (AvgIpc) is 2.82. The molecule has 1 atom stereocenters. The maximum Gasteiger partial charge on any atom is 0.405 e. The fourth-order valence-electron chi connectivity index (χ4n) is 4.56. The summed E-state index contributed by atoms with van der Waals surface area (Å²) in [7, 11) is 1.51. The van der Waals surface area contributed by atoms with Crippen molar-refractivity contribution in [3.63, 3.8) is 0 Å². The third-order valence-corrected chi connectivity index (χ3v) is 6.46. The van der Waals surface area contributed by atoms with Crippen LogP contribution in [0.4, 0.5) is 10.5 Å². The predicted octanol–water partition coefficient (Wildman–Crippen LogP) is 4.41. The van der Waals surface area contributed by atoms with E-state index in [2.05, 4.69) is 10.6 Å². The molecular formula is C26H25N3O5. The van der Waals surface area contributed by atoms with E-state index in [1.54, 1.807) is 0 Å². The lowest BCUT2D eigenvalue weighted by Crippen LogP contribution is -2.50. The molecule has 8 heteroatoms. The molecule has 1 saturated carbocycles. The summed E-state index contributed by atoms with van der Waals surface area (Å²) in [5.74, 6) is 0.0624. The van der Waals surface area contributed by atoms with Crippen LogP contribution in [0.1, 0.15) is 24.8 Å². The van der Waals surface area contributed by atoms with Crippen molar-refractivity contribution >= 4 is 17.7 Å². The third kappa shape index (κ3) is 3.97. The molecule has 2 amide bonds. The number of ether oxygens (including phenoxy) is 2. The number of aromatic nitrogens is 1. The molecule has 0 saturated heterocycles. The van der Waals surface area contributed by atoms with E-state index in [1.807, 2.05) is 60.7 Å². The second kappa shape index (κ2) is 8.79. The summed E-state index contributed by atoms with van der Waals surface area (Å²) in [4.78, 5) is 28.5. The molecule has 34 heavy (non-hydrogen) atoms. The number of rotatable bonds is 6. The van der Waals surface area contributed by atoms with Gasteiger partial charge in [-0.3, -0.25) is 4.79 Å². The van der Waals surface area contributed by atoms with Gasteiger partial charge in [0.15, 0.2) is 0 Å². The summed E-state index contributed by atoms with van der Waals surface area (Å²) in [6.07, 6.45) is 0.747. The van der Waals surface area contributed by atoms with Gasteiger partial charge in [-0.05, 0) is 36.5 Å². The summed E-state index contributed by atoms with van der Waals surface area (Å²) in [5, 5.41) is 14.9. The largest absolute Gasteiger partial charge is 0.465 e. The monoisotopic (exact) mass is 459 g/mol. The van der Waals surface area contributed by atoms with Crippen LogP contribution in [0.2, 0.25) is 0 Å². The topological polar surface area (TPSA) is 110 Å². The van der Waals surface area contributed by atoms with E-state index in [1.165, 1.54) is 7.11 Å². The number of hydrogen-bond donors (Lipinski definition) is 3. The van der Waals surface area contributed by atoms with Gasteiger partial charge in [-0.2, -0.15) is 0 Å². The van der Waals surface area contributed by atoms with Gasteiger partial charge < -0.3 is 25.2 Å². The number of carbonyl (C=O) groups is 2. The standard InChI is InChI=1S/C26H25N3O5/c1-33-15-21-23(30)27-20-14-19(16-6-3-2-4-7-16)22(28-24(20)34-21)17-8-10-18(11-9-17)26(12-5-13-26)29-25(31)32/h2-4,6-11,14,21,29H,5,12-13,15H2,1H3,(H,27,30)(H,31,32). The molecule has 1 aliphatic carbocycles. The van der Waals surface area contributed by atoms with Crippen molar-refractivity contribution in [1.29, 1.82) is 0 Å². The van der Waals surface area contributed by atoms with Gasteiger partial charge in [0.05, 0.1) is 17.8 Å². The van der Waals surface area contributed by atoms with E-state index in [9.17, 15) is 14.7 Å². The van der Waals surface area contributed by atoms with Gasteiger partial charge in [0.1, 0.15) is 5.69 Å². The van der Waals surface area contributed by atoms with Gasteiger partial charge in [-0.1, -0.05) is 54.6 Å². The second-order valence-corrected chi connectivity index (χ2v) is 8.60. The van der Waals surface area contributed by atoms with Crippen molar-refractivity contribution in [2.24, 2.45) is 0 Å². The van der Waals surface area contributed by atoms with Crippen LogP contribution in [0.5, 0.6) is 5.88 Å². The number of benzene rings is 2. The Morgan fingerprint density at radius 2 is 1.91 bits per heavy atom. The second-order valence-electron chi connectivity index (χ2n) is 8.60. The molecule has 2 aromatic carbocycles. The number of carbonyl (C=O) groups excluding carboxylic acids is 1. The minimum atomic E-state index is -1.02. The minimum absolute atomic E-state index is 0.121. The number of methoxy groups -OCH3 is 1. The Labute approximate surface area is 196 Å². The predicted molar refractivity (Wildman–Crippen MR) is 127 cm³/mol. The Bertz CT molecular complexity index is 1220. The number of pyridine rings is 1. The first-order valence-corrected chi connectivity index (χ1v) is 11.2. The zero-order chi connectivity index (χ0) is 23.7. The van der Waals surface area contributed by atoms with Crippen molar-refractivity contribution in [2.75, 3.05) is 19.0 Å². The quantitative estimate of drug-likeness (QED) is 0.504. The lowest BCUT2D eigenvalue weighted by molar-refractivity contribution is -0.125. The molecule has 1 fully saturated rings. The van der Waals surface area contributed by atoms with Crippen LogP contribution in [-0.2, 0) is 15.1 Å². The summed E-state index contributed by atoms with van der Waals surface area (Å²) < 4.78 is 11.0. The Hall–Kier alpha value is -3.91. The van der Waals surface area contributed by atoms with Gasteiger partial charge in [0, 0.05) is 18.2 Å². The van der Waals surface area contributed by atoms with Crippen molar-refractivity contribution in [1.82, 2.24) is 10.3 Å². The first kappa shape index (κ1) is 21.9. The number of anilines is 1. The van der Waals surface area contributed by atoms with Crippen LogP contribution in [-0.4, -0.2) is 41.9 Å².